The molecule has 0 amide bonds. The third kappa shape index (κ3) is 4.68. The zero-order valence-corrected chi connectivity index (χ0v) is 17.0. The Balaban J connectivity index is 1.45. The number of aliphatic hydroxyl groups excluding tert-OH is 1. The van der Waals surface area contributed by atoms with Gasteiger partial charge in [0.25, 0.3) is 0 Å². The second-order valence-corrected chi connectivity index (χ2v) is 7.55. The molecule has 0 bridgehead atoms. The van der Waals surface area contributed by atoms with Crippen LogP contribution in [-0.2, 0) is 12.8 Å². The van der Waals surface area contributed by atoms with E-state index in [1.54, 1.807) is 12.1 Å². The van der Waals surface area contributed by atoms with Crippen LogP contribution in [0.5, 0.6) is 5.88 Å². The van der Waals surface area contributed by atoms with E-state index in [1.165, 1.54) is 6.07 Å². The lowest BCUT2D eigenvalue weighted by Gasteiger charge is -2.22. The summed E-state index contributed by atoms with van der Waals surface area (Å²) in [6.45, 7) is 1.09. The number of alkyl halides is 3. The number of halogens is 3. The van der Waals surface area contributed by atoms with Gasteiger partial charge < -0.3 is 14.7 Å². The van der Waals surface area contributed by atoms with Crippen LogP contribution in [0, 0.1) is 11.3 Å². The molecule has 1 atom stereocenters. The molecule has 0 unspecified atom stereocenters. The molecule has 0 radical (unpaired) electrons. The fourth-order valence-corrected chi connectivity index (χ4v) is 3.77. The molecule has 0 saturated carbocycles. The first-order valence-electron chi connectivity index (χ1n) is 10.1. The van der Waals surface area contributed by atoms with Gasteiger partial charge in [-0.05, 0) is 41.5 Å². The molecule has 4 rings (SSSR count). The summed E-state index contributed by atoms with van der Waals surface area (Å²) >= 11 is 0. The molecule has 5 nitrogen and oxygen atoms in total. The molecule has 2 aromatic carbocycles. The summed E-state index contributed by atoms with van der Waals surface area (Å²) in [5, 5.41) is 18.9. The van der Waals surface area contributed by atoms with Gasteiger partial charge in [-0.1, -0.05) is 18.2 Å². The number of pyridine rings is 1. The lowest BCUT2D eigenvalue weighted by Crippen LogP contribution is -2.25. The molecule has 0 spiro atoms. The number of hydrogen-bond acceptors (Lipinski definition) is 5. The molecule has 1 aliphatic rings. The number of benzene rings is 2. The van der Waals surface area contributed by atoms with Crippen molar-refractivity contribution < 1.29 is 23.0 Å². The third-order valence-corrected chi connectivity index (χ3v) is 5.43. The van der Waals surface area contributed by atoms with Gasteiger partial charge in [0.15, 0.2) is 0 Å². The summed E-state index contributed by atoms with van der Waals surface area (Å²) in [4.78, 5) is 5.86. The largest absolute Gasteiger partial charge is 0.472 e. The number of hydrogen-bond donors (Lipinski definition) is 1. The Hall–Kier alpha value is -3.57. The maximum atomic E-state index is 12.7. The van der Waals surface area contributed by atoms with E-state index < -0.39 is 11.7 Å². The fourth-order valence-electron chi connectivity index (χ4n) is 3.77. The van der Waals surface area contributed by atoms with Gasteiger partial charge in [0.05, 0.1) is 30.3 Å². The Morgan fingerprint density at radius 1 is 1.09 bits per heavy atom. The molecule has 1 aromatic heterocycles. The molecule has 32 heavy (non-hydrogen) atoms. The monoisotopic (exact) mass is 439 g/mol. The van der Waals surface area contributed by atoms with Gasteiger partial charge in [-0.25, -0.2) is 4.98 Å². The fraction of sp³-hybridized carbons (Fsp3) is 0.250. The Kier molecular flexibility index (Phi) is 6.01. The highest BCUT2D eigenvalue weighted by Gasteiger charge is 2.31. The lowest BCUT2D eigenvalue weighted by atomic mass is 10.0. The summed E-state index contributed by atoms with van der Waals surface area (Å²) in [6, 6.07) is 17.3. The van der Waals surface area contributed by atoms with E-state index >= 15 is 0 Å². The number of nitrogens with zero attached hydrogens (tertiary/aromatic N) is 3. The van der Waals surface area contributed by atoms with Gasteiger partial charge in [0.2, 0.25) is 5.88 Å². The van der Waals surface area contributed by atoms with Crippen molar-refractivity contribution in [3.63, 3.8) is 0 Å². The molecular weight excluding hydrogens is 419 g/mol. The van der Waals surface area contributed by atoms with E-state index in [4.69, 9.17) is 10.00 Å². The molecule has 1 N–H and O–H groups in total. The summed E-state index contributed by atoms with van der Waals surface area (Å²) in [5.41, 5.74) is 3.30. The molecule has 8 heteroatoms. The quantitative estimate of drug-likeness (QED) is 0.619. The molecular formula is C24H20F3N3O2. The third-order valence-electron chi connectivity index (χ3n) is 5.43. The molecule has 2 heterocycles. The Bertz CT molecular complexity index is 1120. The van der Waals surface area contributed by atoms with Crippen LogP contribution >= 0.6 is 0 Å². The number of nitriles is 1. The summed E-state index contributed by atoms with van der Waals surface area (Å²) in [7, 11) is 0. The van der Waals surface area contributed by atoms with Crippen LogP contribution in [0.3, 0.4) is 0 Å². The predicted molar refractivity (Wildman–Crippen MR) is 113 cm³/mol. The summed E-state index contributed by atoms with van der Waals surface area (Å²) in [6.07, 6.45) is -3.19. The van der Waals surface area contributed by atoms with Crippen molar-refractivity contribution in [3.8, 4) is 23.1 Å². The molecule has 0 aliphatic carbocycles. The maximum absolute atomic E-state index is 12.7. The highest BCUT2D eigenvalue weighted by molar-refractivity contribution is 5.69. The highest BCUT2D eigenvalue weighted by atomic mass is 19.4. The molecule has 3 aromatic rings. The van der Waals surface area contributed by atoms with Crippen LogP contribution in [0.2, 0.25) is 0 Å². The smallest absolute Gasteiger partial charge is 0.417 e. The van der Waals surface area contributed by atoms with Crippen molar-refractivity contribution in [2.24, 2.45) is 0 Å². The van der Waals surface area contributed by atoms with Crippen LogP contribution < -0.4 is 9.64 Å². The van der Waals surface area contributed by atoms with Gasteiger partial charge in [0, 0.05) is 36.5 Å². The Morgan fingerprint density at radius 3 is 2.47 bits per heavy atom. The van der Waals surface area contributed by atoms with Gasteiger partial charge in [-0.2, -0.15) is 18.4 Å². The van der Waals surface area contributed by atoms with Crippen LogP contribution in [-0.4, -0.2) is 29.3 Å². The topological polar surface area (TPSA) is 69.4 Å². The van der Waals surface area contributed by atoms with Crippen molar-refractivity contribution >= 4 is 5.69 Å². The zero-order chi connectivity index (χ0) is 22.7. The second-order valence-electron chi connectivity index (χ2n) is 7.55. The number of aromatic nitrogens is 1. The van der Waals surface area contributed by atoms with Crippen molar-refractivity contribution in [1.82, 2.24) is 4.98 Å². The van der Waals surface area contributed by atoms with E-state index in [2.05, 4.69) is 16.0 Å². The van der Waals surface area contributed by atoms with Crippen molar-refractivity contribution in [1.29, 1.82) is 5.26 Å². The van der Waals surface area contributed by atoms with E-state index in [-0.39, 0.29) is 18.6 Å². The van der Waals surface area contributed by atoms with Crippen molar-refractivity contribution in [3.05, 3.63) is 77.5 Å². The van der Waals surface area contributed by atoms with Gasteiger partial charge in [-0.3, -0.25) is 0 Å². The van der Waals surface area contributed by atoms with Crippen molar-refractivity contribution in [2.75, 3.05) is 18.0 Å². The Morgan fingerprint density at radius 2 is 1.84 bits per heavy atom. The van der Waals surface area contributed by atoms with Crippen LogP contribution in [0.4, 0.5) is 18.9 Å². The minimum absolute atomic E-state index is 0.137. The van der Waals surface area contributed by atoms with E-state index in [0.29, 0.717) is 25.1 Å². The van der Waals surface area contributed by atoms with Crippen LogP contribution in [0.1, 0.15) is 23.1 Å². The van der Waals surface area contributed by atoms with Gasteiger partial charge in [0.1, 0.15) is 6.10 Å². The molecule has 1 fully saturated rings. The molecule has 1 aliphatic heterocycles. The number of anilines is 1. The summed E-state index contributed by atoms with van der Waals surface area (Å²) < 4.78 is 43.8. The van der Waals surface area contributed by atoms with E-state index in [1.807, 2.05) is 30.3 Å². The minimum Gasteiger partial charge on any atom is -0.472 e. The maximum Gasteiger partial charge on any atom is 0.417 e. The zero-order valence-electron chi connectivity index (χ0n) is 17.0. The number of aliphatic hydroxyl groups is 1. The highest BCUT2D eigenvalue weighted by Crippen LogP contribution is 2.32. The first kappa shape index (κ1) is 21.7. The van der Waals surface area contributed by atoms with Gasteiger partial charge in [-0.15, -0.1) is 0 Å². The standard InChI is InChI=1S/C24H20F3N3O2/c25-24(26,27)20-6-8-23(29-13-20)32-21-9-10-30(14-21)22-7-5-18(11-19(22)15-31)17-3-1-16(12-28)2-4-17/h1-8,11,13,21,31H,9-10,14-15H2/t21-/m0/s1. The Labute approximate surface area is 183 Å². The first-order chi connectivity index (χ1) is 15.4. The van der Waals surface area contributed by atoms with Crippen LogP contribution in [0.25, 0.3) is 11.1 Å². The van der Waals surface area contributed by atoms with E-state index in [0.717, 1.165) is 34.6 Å². The molecule has 164 valence electrons. The predicted octanol–water partition coefficient (Wildman–Crippen LogP) is 4.79. The van der Waals surface area contributed by atoms with Gasteiger partial charge >= 0.3 is 6.18 Å². The first-order valence-corrected chi connectivity index (χ1v) is 10.1. The average molecular weight is 439 g/mol. The SMILES string of the molecule is N#Cc1ccc(-c2ccc(N3CC[C@H](Oc4ccc(C(F)(F)F)cn4)C3)c(CO)c2)cc1. The average Bonchev–Trinajstić information content (AvgIpc) is 3.26. The minimum atomic E-state index is -4.43. The van der Waals surface area contributed by atoms with Crippen LogP contribution in [0.15, 0.2) is 60.8 Å². The van der Waals surface area contributed by atoms with Crippen molar-refractivity contribution in [2.45, 2.75) is 25.3 Å². The van der Waals surface area contributed by atoms with E-state index in [9.17, 15) is 18.3 Å². The normalized spacial score (nSPS) is 16.1. The molecule has 1 saturated heterocycles. The number of rotatable bonds is 5. The second kappa shape index (κ2) is 8.89. The lowest BCUT2D eigenvalue weighted by molar-refractivity contribution is -0.137. The summed E-state index contributed by atoms with van der Waals surface area (Å²) in [5.74, 6) is 0.156. The number of ether oxygens (including phenoxy) is 1.